The summed E-state index contributed by atoms with van der Waals surface area (Å²) in [5.74, 6) is -3.73. The zero-order chi connectivity index (χ0) is 17.8. The predicted octanol–water partition coefficient (Wildman–Crippen LogP) is 4.51. The van der Waals surface area contributed by atoms with Crippen molar-refractivity contribution in [2.24, 2.45) is 0 Å². The molecule has 2 fully saturated rings. The summed E-state index contributed by atoms with van der Waals surface area (Å²) >= 11 is 6.09. The number of benzene rings is 1. The normalized spacial score (nSPS) is 18.8. The van der Waals surface area contributed by atoms with Gasteiger partial charge in [-0.1, -0.05) is 17.7 Å². The summed E-state index contributed by atoms with van der Waals surface area (Å²) in [4.78, 5) is 17.9. The molecule has 130 valence electrons. The molecule has 1 aromatic heterocycles. The lowest BCUT2D eigenvalue weighted by Crippen LogP contribution is -2.58. The highest BCUT2D eigenvalue weighted by atomic mass is 35.5. The van der Waals surface area contributed by atoms with Gasteiger partial charge < -0.3 is 4.90 Å². The van der Waals surface area contributed by atoms with Crippen molar-refractivity contribution in [2.75, 3.05) is 13.1 Å². The Labute approximate surface area is 147 Å². The fourth-order valence-corrected chi connectivity index (χ4v) is 3.25. The maximum Gasteiger partial charge on any atom is 0.282 e. The highest BCUT2D eigenvalue weighted by Gasteiger charge is 2.46. The van der Waals surface area contributed by atoms with E-state index < -0.39 is 30.7 Å². The van der Waals surface area contributed by atoms with Gasteiger partial charge in [-0.2, -0.15) is 0 Å². The maximum atomic E-state index is 13.7. The number of rotatable bonds is 3. The van der Waals surface area contributed by atoms with Gasteiger partial charge in [-0.3, -0.25) is 4.79 Å². The molecule has 1 saturated carbocycles. The number of halogens is 4. The van der Waals surface area contributed by atoms with Gasteiger partial charge in [0.15, 0.2) is 0 Å². The van der Waals surface area contributed by atoms with Crippen LogP contribution in [0.1, 0.15) is 34.8 Å². The molecule has 0 radical (unpaired) electrons. The molecule has 1 aliphatic heterocycles. The standard InChI is InChI=1S/C18H14ClF3N2O/c19-16-6-11(5-15(23-16)10-1-2-10)13-4-3-12(20)7-14(13)17(25)24-8-18(21,22)9-24/h3-7,10H,1-2,8-9H2. The number of aromatic nitrogens is 1. The second kappa shape index (κ2) is 5.73. The first kappa shape index (κ1) is 16.4. The van der Waals surface area contributed by atoms with Crippen LogP contribution in [-0.2, 0) is 0 Å². The number of carbonyl (C=O) groups is 1. The molecule has 1 aromatic carbocycles. The lowest BCUT2D eigenvalue weighted by Gasteiger charge is -2.39. The zero-order valence-electron chi connectivity index (χ0n) is 13.1. The van der Waals surface area contributed by atoms with Gasteiger partial charge in [-0.15, -0.1) is 0 Å². The molecule has 0 atom stereocenters. The second-order valence-corrected chi connectivity index (χ2v) is 6.97. The van der Waals surface area contributed by atoms with Crippen LogP contribution in [0.15, 0.2) is 30.3 Å². The summed E-state index contributed by atoms with van der Waals surface area (Å²) in [6, 6.07) is 7.23. The highest BCUT2D eigenvalue weighted by molar-refractivity contribution is 6.29. The van der Waals surface area contributed by atoms with Gasteiger partial charge in [0.2, 0.25) is 0 Å². The lowest BCUT2D eigenvalue weighted by atomic mass is 9.97. The molecule has 3 nitrogen and oxygen atoms in total. The molecule has 0 unspecified atom stereocenters. The summed E-state index contributed by atoms with van der Waals surface area (Å²) in [6.07, 6.45) is 2.07. The number of pyridine rings is 1. The Kier molecular flexibility index (Phi) is 3.76. The summed E-state index contributed by atoms with van der Waals surface area (Å²) in [7, 11) is 0. The third kappa shape index (κ3) is 3.23. The minimum absolute atomic E-state index is 0.0551. The Hall–Kier alpha value is -2.08. The Morgan fingerprint density at radius 1 is 1.20 bits per heavy atom. The average Bonchev–Trinajstić information content (AvgIpc) is 3.36. The van der Waals surface area contributed by atoms with Crippen LogP contribution >= 0.6 is 11.6 Å². The van der Waals surface area contributed by atoms with E-state index in [9.17, 15) is 18.0 Å². The molecule has 0 N–H and O–H groups in total. The van der Waals surface area contributed by atoms with E-state index in [0.717, 1.165) is 29.5 Å². The minimum Gasteiger partial charge on any atom is -0.326 e. The van der Waals surface area contributed by atoms with Crippen molar-refractivity contribution in [1.82, 2.24) is 9.88 Å². The van der Waals surface area contributed by atoms with Crippen LogP contribution in [0.4, 0.5) is 13.2 Å². The van der Waals surface area contributed by atoms with Crippen molar-refractivity contribution in [2.45, 2.75) is 24.7 Å². The van der Waals surface area contributed by atoms with E-state index in [-0.39, 0.29) is 10.7 Å². The monoisotopic (exact) mass is 366 g/mol. The Balaban J connectivity index is 1.74. The van der Waals surface area contributed by atoms with Crippen molar-refractivity contribution in [1.29, 1.82) is 0 Å². The number of carbonyl (C=O) groups excluding carboxylic acids is 1. The fraction of sp³-hybridized carbons (Fsp3) is 0.333. The van der Waals surface area contributed by atoms with Gasteiger partial charge in [0.25, 0.3) is 11.8 Å². The largest absolute Gasteiger partial charge is 0.326 e. The van der Waals surface area contributed by atoms with Crippen LogP contribution in [0.3, 0.4) is 0 Å². The fourth-order valence-electron chi connectivity index (χ4n) is 3.03. The molecule has 1 amide bonds. The van der Waals surface area contributed by atoms with Crippen molar-refractivity contribution in [3.8, 4) is 11.1 Å². The van der Waals surface area contributed by atoms with Gasteiger partial charge >= 0.3 is 0 Å². The Bertz CT molecular complexity index is 859. The second-order valence-electron chi connectivity index (χ2n) is 6.58. The van der Waals surface area contributed by atoms with Crippen LogP contribution in [0.2, 0.25) is 5.15 Å². The van der Waals surface area contributed by atoms with Crippen molar-refractivity contribution < 1.29 is 18.0 Å². The molecule has 1 aliphatic carbocycles. The number of alkyl halides is 2. The molecule has 2 aromatic rings. The third-order valence-electron chi connectivity index (χ3n) is 4.46. The summed E-state index contributed by atoms with van der Waals surface area (Å²) < 4.78 is 39.9. The van der Waals surface area contributed by atoms with Crippen LogP contribution in [0.5, 0.6) is 0 Å². The van der Waals surface area contributed by atoms with E-state index in [1.807, 2.05) is 6.07 Å². The number of hydrogen-bond donors (Lipinski definition) is 0. The number of hydrogen-bond acceptors (Lipinski definition) is 2. The van der Waals surface area contributed by atoms with Crippen molar-refractivity contribution in [3.63, 3.8) is 0 Å². The van der Waals surface area contributed by atoms with Gasteiger partial charge in [0, 0.05) is 11.6 Å². The van der Waals surface area contributed by atoms with Crippen molar-refractivity contribution >= 4 is 17.5 Å². The van der Waals surface area contributed by atoms with Crippen molar-refractivity contribution in [3.05, 3.63) is 52.6 Å². The smallest absolute Gasteiger partial charge is 0.282 e. The molecule has 25 heavy (non-hydrogen) atoms. The van der Waals surface area contributed by atoms with E-state index in [0.29, 0.717) is 17.0 Å². The van der Waals surface area contributed by atoms with E-state index in [1.165, 1.54) is 12.1 Å². The van der Waals surface area contributed by atoms with Gasteiger partial charge in [0.05, 0.1) is 18.7 Å². The summed E-state index contributed by atoms with van der Waals surface area (Å²) in [5.41, 5.74) is 1.99. The van der Waals surface area contributed by atoms with E-state index in [2.05, 4.69) is 4.98 Å². The minimum atomic E-state index is -2.87. The molecule has 7 heteroatoms. The van der Waals surface area contributed by atoms with E-state index >= 15 is 0 Å². The molecule has 0 bridgehead atoms. The number of nitrogens with zero attached hydrogens (tertiary/aromatic N) is 2. The Morgan fingerprint density at radius 2 is 1.92 bits per heavy atom. The van der Waals surface area contributed by atoms with Crippen LogP contribution in [0.25, 0.3) is 11.1 Å². The summed E-state index contributed by atoms with van der Waals surface area (Å²) in [5, 5.41) is 0.289. The molecule has 0 spiro atoms. The van der Waals surface area contributed by atoms with Crippen LogP contribution in [0, 0.1) is 5.82 Å². The maximum absolute atomic E-state index is 13.7. The summed E-state index contributed by atoms with van der Waals surface area (Å²) in [6.45, 7) is -1.29. The highest BCUT2D eigenvalue weighted by Crippen LogP contribution is 2.41. The molecule has 4 rings (SSSR count). The number of likely N-dealkylation sites (tertiary alicyclic amines) is 1. The van der Waals surface area contributed by atoms with E-state index in [4.69, 9.17) is 11.6 Å². The van der Waals surface area contributed by atoms with E-state index in [1.54, 1.807) is 6.07 Å². The first-order valence-corrected chi connectivity index (χ1v) is 8.35. The number of amides is 1. The molecular formula is C18H14ClF3N2O. The van der Waals surface area contributed by atoms with Gasteiger partial charge in [-0.05, 0) is 48.2 Å². The predicted molar refractivity (Wildman–Crippen MR) is 87.5 cm³/mol. The molecule has 2 aliphatic rings. The average molecular weight is 367 g/mol. The van der Waals surface area contributed by atoms with Crippen LogP contribution in [-0.4, -0.2) is 34.8 Å². The quantitative estimate of drug-likeness (QED) is 0.749. The SMILES string of the molecule is O=C(c1cc(F)ccc1-c1cc(Cl)nc(C2CC2)c1)N1CC(F)(F)C1. The molecule has 1 saturated heterocycles. The zero-order valence-corrected chi connectivity index (χ0v) is 13.9. The topological polar surface area (TPSA) is 33.2 Å². The first-order chi connectivity index (χ1) is 11.8. The lowest BCUT2D eigenvalue weighted by molar-refractivity contribution is -0.113. The van der Waals surface area contributed by atoms with Gasteiger partial charge in [0.1, 0.15) is 11.0 Å². The van der Waals surface area contributed by atoms with Crippen LogP contribution < -0.4 is 0 Å². The Morgan fingerprint density at radius 3 is 2.56 bits per heavy atom. The van der Waals surface area contributed by atoms with Gasteiger partial charge in [-0.25, -0.2) is 18.2 Å². The first-order valence-electron chi connectivity index (χ1n) is 7.97. The molecular weight excluding hydrogens is 353 g/mol. The molecule has 2 heterocycles. The third-order valence-corrected chi connectivity index (χ3v) is 4.66.